The van der Waals surface area contributed by atoms with Gasteiger partial charge in [-0.15, -0.1) is 0 Å². The van der Waals surface area contributed by atoms with Crippen LogP contribution < -0.4 is 0 Å². The van der Waals surface area contributed by atoms with Crippen molar-refractivity contribution < 1.29 is 23.9 Å². The lowest BCUT2D eigenvalue weighted by Gasteiger charge is -2.05. The molecule has 5 nitrogen and oxygen atoms in total. The largest absolute Gasteiger partial charge is 0.462 e. The van der Waals surface area contributed by atoms with Gasteiger partial charge in [-0.2, -0.15) is 0 Å². The van der Waals surface area contributed by atoms with E-state index in [4.69, 9.17) is 9.47 Å². The molecule has 0 aliphatic heterocycles. The van der Waals surface area contributed by atoms with Crippen LogP contribution in [0.2, 0.25) is 0 Å². The van der Waals surface area contributed by atoms with Gasteiger partial charge in [0.15, 0.2) is 0 Å². The first kappa shape index (κ1) is 21.4. The summed E-state index contributed by atoms with van der Waals surface area (Å²) in [4.78, 5) is 35.4. The molecule has 0 amide bonds. The minimum absolute atomic E-state index is 0.184. The number of benzene rings is 2. The molecule has 0 fully saturated rings. The molecule has 148 valence electrons. The van der Waals surface area contributed by atoms with Crippen molar-refractivity contribution in [2.75, 3.05) is 13.2 Å². The van der Waals surface area contributed by atoms with Gasteiger partial charge in [0, 0.05) is 12.8 Å². The Kier molecular flexibility index (Phi) is 8.40. The number of esters is 2. The third kappa shape index (κ3) is 6.65. The van der Waals surface area contributed by atoms with Crippen molar-refractivity contribution in [3.8, 4) is 0 Å². The summed E-state index contributed by atoms with van der Waals surface area (Å²) in [6.07, 6.45) is 2.20. The van der Waals surface area contributed by atoms with E-state index in [1.165, 1.54) is 0 Å². The summed E-state index contributed by atoms with van der Waals surface area (Å²) in [7, 11) is 0. The molecule has 0 heterocycles. The third-order valence-electron chi connectivity index (χ3n) is 4.32. The summed E-state index contributed by atoms with van der Waals surface area (Å²) in [5.41, 5.74) is 3.06. The monoisotopic (exact) mass is 382 g/mol. The van der Waals surface area contributed by atoms with Crippen molar-refractivity contribution >= 4 is 17.7 Å². The second kappa shape index (κ2) is 11.0. The Labute approximate surface area is 165 Å². The number of rotatable bonds is 10. The summed E-state index contributed by atoms with van der Waals surface area (Å²) in [6.45, 7) is 4.24. The van der Waals surface area contributed by atoms with Crippen LogP contribution in [0.3, 0.4) is 0 Å². The number of ether oxygens (including phenoxy) is 2. The molecule has 0 saturated carbocycles. The molecule has 0 aromatic heterocycles. The smallest absolute Gasteiger partial charge is 0.338 e. The van der Waals surface area contributed by atoms with Gasteiger partial charge in [0.2, 0.25) is 0 Å². The van der Waals surface area contributed by atoms with E-state index < -0.39 is 0 Å². The van der Waals surface area contributed by atoms with E-state index in [0.29, 0.717) is 50.0 Å². The van der Waals surface area contributed by atoms with Gasteiger partial charge in [-0.25, -0.2) is 9.59 Å². The number of Topliss-reactive ketones (excluding diaryl/α,β-unsaturated/α-hetero) is 1. The topological polar surface area (TPSA) is 69.7 Å². The molecule has 2 aromatic rings. The van der Waals surface area contributed by atoms with E-state index in [1.807, 2.05) is 24.3 Å². The standard InChI is InChI=1S/C23H26O5/c1-3-27-22(25)19-11-5-17(6-12-19)9-15-21(24)16-10-18-7-13-20(14-8-18)23(26)28-4-2/h5-8,11-14H,3-4,9-10,15-16H2,1-2H3. The highest BCUT2D eigenvalue weighted by Crippen LogP contribution is 2.12. The SMILES string of the molecule is CCOC(=O)c1ccc(CCC(=O)CCc2ccc(C(=O)OCC)cc2)cc1. The maximum absolute atomic E-state index is 12.2. The van der Waals surface area contributed by atoms with Crippen LogP contribution in [0.4, 0.5) is 0 Å². The first-order valence-corrected chi connectivity index (χ1v) is 9.57. The van der Waals surface area contributed by atoms with Crippen LogP contribution >= 0.6 is 0 Å². The molecule has 0 bridgehead atoms. The van der Waals surface area contributed by atoms with Crippen LogP contribution in [0, 0.1) is 0 Å². The number of carbonyl (C=O) groups excluding carboxylic acids is 3. The molecule has 0 aliphatic rings. The molecule has 5 heteroatoms. The number of aryl methyl sites for hydroxylation is 2. The Balaban J connectivity index is 1.76. The fraction of sp³-hybridized carbons (Fsp3) is 0.348. The second-order valence-electron chi connectivity index (χ2n) is 6.37. The summed E-state index contributed by atoms with van der Waals surface area (Å²) in [5.74, 6) is -0.484. The van der Waals surface area contributed by atoms with E-state index >= 15 is 0 Å². The van der Waals surface area contributed by atoms with Crippen LogP contribution in [0.1, 0.15) is 58.5 Å². The first-order chi connectivity index (χ1) is 13.5. The van der Waals surface area contributed by atoms with Crippen molar-refractivity contribution in [3.63, 3.8) is 0 Å². The van der Waals surface area contributed by atoms with Crippen molar-refractivity contribution in [3.05, 3.63) is 70.8 Å². The van der Waals surface area contributed by atoms with Crippen molar-refractivity contribution in [1.82, 2.24) is 0 Å². The van der Waals surface area contributed by atoms with Gasteiger partial charge in [-0.1, -0.05) is 24.3 Å². The lowest BCUT2D eigenvalue weighted by Crippen LogP contribution is -2.06. The molecule has 0 spiro atoms. The van der Waals surface area contributed by atoms with Crippen LogP contribution in [-0.2, 0) is 27.1 Å². The Morgan fingerprint density at radius 2 is 1.00 bits per heavy atom. The zero-order valence-corrected chi connectivity index (χ0v) is 16.4. The lowest BCUT2D eigenvalue weighted by atomic mass is 10.0. The normalized spacial score (nSPS) is 10.4. The van der Waals surface area contributed by atoms with Gasteiger partial charge in [0.25, 0.3) is 0 Å². The molecule has 0 unspecified atom stereocenters. The Morgan fingerprint density at radius 3 is 1.32 bits per heavy atom. The fourth-order valence-corrected chi connectivity index (χ4v) is 2.74. The van der Waals surface area contributed by atoms with Crippen LogP contribution in [0.5, 0.6) is 0 Å². The molecular weight excluding hydrogens is 356 g/mol. The molecule has 2 aromatic carbocycles. The highest BCUT2D eigenvalue weighted by atomic mass is 16.5. The number of hydrogen-bond acceptors (Lipinski definition) is 5. The van der Waals surface area contributed by atoms with Crippen molar-refractivity contribution in [1.29, 1.82) is 0 Å². The quantitative estimate of drug-likeness (QED) is 0.577. The van der Waals surface area contributed by atoms with Gasteiger partial charge in [-0.3, -0.25) is 4.79 Å². The minimum Gasteiger partial charge on any atom is -0.462 e. The Hall–Kier alpha value is -2.95. The van der Waals surface area contributed by atoms with E-state index in [1.54, 1.807) is 38.1 Å². The first-order valence-electron chi connectivity index (χ1n) is 9.57. The molecule has 0 N–H and O–H groups in total. The fourth-order valence-electron chi connectivity index (χ4n) is 2.74. The summed E-state index contributed by atoms with van der Waals surface area (Å²) < 4.78 is 9.91. The van der Waals surface area contributed by atoms with Crippen molar-refractivity contribution in [2.45, 2.75) is 39.5 Å². The van der Waals surface area contributed by atoms with Gasteiger partial charge >= 0.3 is 11.9 Å². The van der Waals surface area contributed by atoms with E-state index in [9.17, 15) is 14.4 Å². The minimum atomic E-state index is -0.334. The van der Waals surface area contributed by atoms with E-state index in [2.05, 4.69) is 0 Å². The van der Waals surface area contributed by atoms with Crippen LogP contribution in [-0.4, -0.2) is 30.9 Å². The molecule has 0 atom stereocenters. The molecule has 0 saturated heterocycles. The zero-order chi connectivity index (χ0) is 20.4. The maximum Gasteiger partial charge on any atom is 0.338 e. The van der Waals surface area contributed by atoms with Crippen molar-refractivity contribution in [2.24, 2.45) is 0 Å². The Bertz CT molecular complexity index is 723. The molecule has 0 aliphatic carbocycles. The predicted octanol–water partition coefficient (Wildman–Crippen LogP) is 4.17. The van der Waals surface area contributed by atoms with Crippen LogP contribution in [0.15, 0.2) is 48.5 Å². The zero-order valence-electron chi connectivity index (χ0n) is 16.4. The number of hydrogen-bond donors (Lipinski definition) is 0. The highest BCUT2D eigenvalue weighted by Gasteiger charge is 2.09. The number of carbonyl (C=O) groups is 3. The number of ketones is 1. The maximum atomic E-state index is 12.2. The third-order valence-corrected chi connectivity index (χ3v) is 4.32. The summed E-state index contributed by atoms with van der Waals surface area (Å²) in [5, 5.41) is 0. The lowest BCUT2D eigenvalue weighted by molar-refractivity contribution is -0.119. The van der Waals surface area contributed by atoms with E-state index in [0.717, 1.165) is 11.1 Å². The van der Waals surface area contributed by atoms with Gasteiger partial charge in [0.05, 0.1) is 24.3 Å². The summed E-state index contributed by atoms with van der Waals surface area (Å²) in [6, 6.07) is 14.3. The van der Waals surface area contributed by atoms with Crippen LogP contribution in [0.25, 0.3) is 0 Å². The Morgan fingerprint density at radius 1 is 0.643 bits per heavy atom. The molecule has 0 radical (unpaired) electrons. The van der Waals surface area contributed by atoms with Gasteiger partial charge in [-0.05, 0) is 62.1 Å². The molecule has 2 rings (SSSR count). The van der Waals surface area contributed by atoms with Gasteiger partial charge in [0.1, 0.15) is 5.78 Å². The van der Waals surface area contributed by atoms with Gasteiger partial charge < -0.3 is 9.47 Å². The van der Waals surface area contributed by atoms with E-state index in [-0.39, 0.29) is 17.7 Å². The average molecular weight is 382 g/mol. The molecular formula is C23H26O5. The summed E-state index contributed by atoms with van der Waals surface area (Å²) >= 11 is 0. The molecule has 28 heavy (non-hydrogen) atoms. The predicted molar refractivity (Wildman–Crippen MR) is 106 cm³/mol. The highest BCUT2D eigenvalue weighted by molar-refractivity contribution is 5.90. The second-order valence-corrected chi connectivity index (χ2v) is 6.37. The average Bonchev–Trinajstić information content (AvgIpc) is 2.72.